The summed E-state index contributed by atoms with van der Waals surface area (Å²) in [7, 11) is -2.54. The van der Waals surface area contributed by atoms with E-state index in [2.05, 4.69) is 188 Å². The van der Waals surface area contributed by atoms with E-state index in [0.29, 0.717) is 17.8 Å². The van der Waals surface area contributed by atoms with Crippen molar-refractivity contribution in [3.8, 4) is 0 Å². The van der Waals surface area contributed by atoms with Crippen LogP contribution in [0.4, 0.5) is 0 Å². The average Bonchev–Trinajstić information content (AvgIpc) is 3.26. The summed E-state index contributed by atoms with van der Waals surface area (Å²) >= 11 is 0. The normalized spacial score (nSPS) is 14.9. The van der Waals surface area contributed by atoms with Gasteiger partial charge in [0, 0.05) is 29.0 Å². The molecule has 9 heteroatoms. The molecule has 0 aromatic heterocycles. The van der Waals surface area contributed by atoms with Crippen molar-refractivity contribution in [2.75, 3.05) is 19.4 Å². The molecule has 0 aromatic carbocycles. The lowest BCUT2D eigenvalue weighted by Gasteiger charge is -2.27. The van der Waals surface area contributed by atoms with Gasteiger partial charge in [-0.3, -0.25) is 0 Å². The molecule has 0 spiro atoms. The molecule has 0 saturated carbocycles. The molecule has 0 aliphatic rings. The van der Waals surface area contributed by atoms with Gasteiger partial charge in [0.05, 0.1) is 8.07 Å². The van der Waals surface area contributed by atoms with Crippen molar-refractivity contribution in [3.63, 3.8) is 0 Å². The monoisotopic (exact) mass is 983 g/mol. The molecule has 0 bridgehead atoms. The van der Waals surface area contributed by atoms with Crippen LogP contribution in [0.5, 0.6) is 0 Å². The highest BCUT2D eigenvalue weighted by Gasteiger charge is 2.25. The summed E-state index contributed by atoms with van der Waals surface area (Å²) in [5.41, 5.74) is 0. The highest BCUT2D eigenvalue weighted by atomic mass is 28.4. The Labute approximate surface area is 410 Å². The lowest BCUT2D eigenvalue weighted by molar-refractivity contribution is 0.313. The van der Waals surface area contributed by atoms with Crippen LogP contribution < -0.4 is 0 Å². The predicted molar refractivity (Wildman–Crippen MR) is 315 cm³/mol. The summed E-state index contributed by atoms with van der Waals surface area (Å²) in [5.74, 6) is 4.59. The van der Waals surface area contributed by atoms with E-state index in [-0.39, 0.29) is 9.52 Å². The Hall–Kier alpha value is -0.379. The second-order valence-corrected chi connectivity index (χ2v) is 35.4. The van der Waals surface area contributed by atoms with Gasteiger partial charge in [-0.1, -0.05) is 146 Å². The fourth-order valence-corrected chi connectivity index (χ4v) is 15.6. The predicted octanol–water partition coefficient (Wildman–Crippen LogP) is 16.2. The quantitative estimate of drug-likeness (QED) is 0.0475. The molecule has 3 nitrogen and oxygen atoms in total. The largest absolute Gasteiger partial charge is 0.424 e. The maximum atomic E-state index is 6.01. The van der Waals surface area contributed by atoms with E-state index in [9.17, 15) is 0 Å². The fraction of sp³-hybridized carbons (Fsp3) is 0.778. The summed E-state index contributed by atoms with van der Waals surface area (Å²) in [4.78, 5) is 0. The fourth-order valence-electron chi connectivity index (χ4n) is 7.45. The second kappa shape index (κ2) is 51.0. The molecule has 63 heavy (non-hydrogen) atoms. The number of hydrogen-bond acceptors (Lipinski definition) is 3. The first-order chi connectivity index (χ1) is 29.9. The second-order valence-electron chi connectivity index (χ2n) is 19.4. The molecule has 0 N–H and O–H groups in total. The molecule has 0 amide bonds. The Morgan fingerprint density at radius 2 is 1.03 bits per heavy atom. The minimum absolute atomic E-state index is 0.244. The maximum absolute atomic E-state index is 6.01. The van der Waals surface area contributed by atoms with Gasteiger partial charge < -0.3 is 13.3 Å². The minimum Gasteiger partial charge on any atom is -0.424 e. The van der Waals surface area contributed by atoms with E-state index in [1.807, 2.05) is 6.92 Å². The lowest BCUT2D eigenvalue weighted by Crippen LogP contribution is -2.35. The first-order valence-electron chi connectivity index (χ1n) is 26.5. The third-order valence-corrected chi connectivity index (χ3v) is 20.3. The third-order valence-electron chi connectivity index (χ3n) is 11.8. The zero-order valence-electron chi connectivity index (χ0n) is 46.6. The minimum atomic E-state index is -1.41. The average molecular weight is 984 g/mol. The van der Waals surface area contributed by atoms with Gasteiger partial charge in [-0.05, 0) is 171 Å². The standard InChI is InChI=1S/C18H38OSi2.C18H40OSi2.C13H22.C4H12OSi.CH6Si/c1-8-11-12-17(9-2)15-18(10-3)13-14-21(6,7)16-19-20(4)5;1-7-10-11-18(13-15-21(5,6)19-9-3)16-17(8-2)12-14-20-4;1-5-9-10-13(8-4)11-12(6-2)7-3;1-4-5-6(2)3;1-2/h8-9,11,17-18,20H,2,10,12-16H2,1,3-7H3;7,10,17-18H,8-9,11-16,20H2,1-6H3;5-6,8-9,12-13H,2,4,7,10-11H2,1,3H3;6H,4H2,1-3H3;1-2H3/b11-8+;10-7+;9-5+;;. The highest BCUT2D eigenvalue weighted by molar-refractivity contribution is 6.77. The SMILES string of the molecule is C/C=C/CC(CC[Si](C)(C)OCC)CC(CC)CC[SiH2]C.C=CC(C/C=C/C)CC(CC)CC[Si](C)(C)CO[SiH](C)C.C=CC(CC)CC(C=C)C/C=C/C.CCO[SiH](C)C.C[SiH3]. The van der Waals surface area contributed by atoms with Gasteiger partial charge >= 0.3 is 0 Å². The van der Waals surface area contributed by atoms with E-state index in [1.54, 1.807) is 0 Å². The van der Waals surface area contributed by atoms with Crippen molar-refractivity contribution >= 4 is 54.2 Å². The van der Waals surface area contributed by atoms with Crippen molar-refractivity contribution < 1.29 is 13.3 Å². The molecule has 0 radical (unpaired) electrons. The van der Waals surface area contributed by atoms with Gasteiger partial charge in [-0.15, -0.1) is 19.7 Å². The van der Waals surface area contributed by atoms with Crippen molar-refractivity contribution in [2.24, 2.45) is 35.5 Å². The topological polar surface area (TPSA) is 27.7 Å². The van der Waals surface area contributed by atoms with E-state index in [0.717, 1.165) is 50.0 Å². The summed E-state index contributed by atoms with van der Waals surface area (Å²) in [6.45, 7) is 54.1. The number of hydrogen-bond donors (Lipinski definition) is 0. The van der Waals surface area contributed by atoms with Gasteiger partial charge in [0.25, 0.3) is 0 Å². The van der Waals surface area contributed by atoms with E-state index in [1.165, 1.54) is 92.6 Å². The van der Waals surface area contributed by atoms with E-state index >= 15 is 0 Å². The van der Waals surface area contributed by atoms with Crippen LogP contribution in [0.15, 0.2) is 74.4 Å². The Bertz CT molecular complexity index is 1060. The molecule has 0 aliphatic carbocycles. The zero-order chi connectivity index (χ0) is 49.5. The Kier molecular flexibility index (Phi) is 58.0. The van der Waals surface area contributed by atoms with Crippen molar-refractivity contribution in [1.82, 2.24) is 0 Å². The van der Waals surface area contributed by atoms with Gasteiger partial charge in [0.1, 0.15) is 0 Å². The van der Waals surface area contributed by atoms with Crippen molar-refractivity contribution in [1.29, 1.82) is 0 Å². The molecule has 6 atom stereocenters. The third kappa shape index (κ3) is 52.5. The number of rotatable bonds is 34. The van der Waals surface area contributed by atoms with Crippen LogP contribution in [0.25, 0.3) is 0 Å². The zero-order valence-corrected chi connectivity index (χ0v) is 54.3. The van der Waals surface area contributed by atoms with E-state index in [4.69, 9.17) is 13.3 Å². The Morgan fingerprint density at radius 1 is 0.571 bits per heavy atom. The molecular formula is C54H118O3Si6. The molecule has 0 aromatic rings. The number of allylic oxidation sites excluding steroid dienone is 9. The van der Waals surface area contributed by atoms with Crippen LogP contribution in [0, 0.1) is 35.5 Å². The summed E-state index contributed by atoms with van der Waals surface area (Å²) in [5, 5.41) is 0. The molecule has 6 unspecified atom stereocenters. The highest BCUT2D eigenvalue weighted by Crippen LogP contribution is 2.30. The molecular weight excluding hydrogens is 865 g/mol. The van der Waals surface area contributed by atoms with Crippen LogP contribution in [0.1, 0.15) is 132 Å². The van der Waals surface area contributed by atoms with Crippen molar-refractivity contribution in [3.05, 3.63) is 74.4 Å². The Morgan fingerprint density at radius 3 is 1.41 bits per heavy atom. The van der Waals surface area contributed by atoms with Gasteiger partial charge in [-0.25, -0.2) is 0 Å². The van der Waals surface area contributed by atoms with Crippen LogP contribution >= 0.6 is 0 Å². The molecule has 0 fully saturated rings. The van der Waals surface area contributed by atoms with Crippen LogP contribution in [0.2, 0.25) is 83.6 Å². The first kappa shape index (κ1) is 71.6. The van der Waals surface area contributed by atoms with Crippen LogP contribution in [-0.2, 0) is 13.3 Å². The molecule has 0 heterocycles. The summed E-state index contributed by atoms with van der Waals surface area (Å²) in [6.07, 6.45) is 36.2. The van der Waals surface area contributed by atoms with Gasteiger partial charge in [-0.2, -0.15) is 0 Å². The summed E-state index contributed by atoms with van der Waals surface area (Å²) < 4.78 is 17.2. The van der Waals surface area contributed by atoms with Crippen molar-refractivity contribution in [2.45, 2.75) is 216 Å². The smallest absolute Gasteiger partial charge is 0.186 e. The van der Waals surface area contributed by atoms with Gasteiger partial charge in [0.2, 0.25) is 0 Å². The molecule has 376 valence electrons. The molecule has 0 rings (SSSR count). The maximum Gasteiger partial charge on any atom is 0.186 e. The first-order valence-corrected chi connectivity index (χ1v) is 43.0. The molecule has 0 saturated heterocycles. The van der Waals surface area contributed by atoms with Crippen LogP contribution in [-0.4, -0.2) is 73.7 Å². The lowest BCUT2D eigenvalue weighted by atomic mass is 9.87. The van der Waals surface area contributed by atoms with E-state index < -0.39 is 34.5 Å². The van der Waals surface area contributed by atoms with Crippen LogP contribution in [0.3, 0.4) is 0 Å². The molecule has 0 aliphatic heterocycles. The summed E-state index contributed by atoms with van der Waals surface area (Å²) in [6, 6.07) is 4.26. The van der Waals surface area contributed by atoms with Gasteiger partial charge in [0.15, 0.2) is 26.4 Å². The Balaban J connectivity index is -0.000000251.